The Kier molecular flexibility index (Phi) is 6.11. The van der Waals surface area contributed by atoms with Crippen molar-refractivity contribution in [3.05, 3.63) is 59.2 Å². The van der Waals surface area contributed by atoms with Gasteiger partial charge in [0.15, 0.2) is 0 Å². The van der Waals surface area contributed by atoms with E-state index in [0.717, 1.165) is 56.3 Å². The van der Waals surface area contributed by atoms with Crippen LogP contribution in [0.15, 0.2) is 42.5 Å². The highest BCUT2D eigenvalue weighted by Gasteiger charge is 2.18. The lowest BCUT2D eigenvalue weighted by molar-refractivity contribution is 0.121. The predicted octanol–water partition coefficient (Wildman–Crippen LogP) is 2.89. The van der Waals surface area contributed by atoms with Crippen LogP contribution < -0.4 is 9.47 Å². The van der Waals surface area contributed by atoms with Crippen molar-refractivity contribution in [3.8, 4) is 17.6 Å². The fourth-order valence-corrected chi connectivity index (χ4v) is 3.29. The highest BCUT2D eigenvalue weighted by Crippen LogP contribution is 2.25. The first kappa shape index (κ1) is 18.2. The quantitative estimate of drug-likeness (QED) is 0.801. The summed E-state index contributed by atoms with van der Waals surface area (Å²) in [5, 5.41) is 8.89. The maximum atomic E-state index is 8.89. The molecule has 0 unspecified atom stereocenters. The van der Waals surface area contributed by atoms with Gasteiger partial charge in [-0.05, 0) is 35.9 Å². The molecule has 0 spiro atoms. The van der Waals surface area contributed by atoms with Gasteiger partial charge in [-0.1, -0.05) is 12.1 Å². The van der Waals surface area contributed by atoms with Crippen molar-refractivity contribution in [2.24, 2.45) is 0 Å². The van der Waals surface area contributed by atoms with Crippen LogP contribution in [0.5, 0.6) is 11.5 Å². The molecule has 0 radical (unpaired) electrons. The van der Waals surface area contributed by atoms with Gasteiger partial charge in [0.25, 0.3) is 0 Å². The fraction of sp³-hybridized carbons (Fsp3) is 0.381. The molecule has 0 bridgehead atoms. The fourth-order valence-electron chi connectivity index (χ4n) is 3.29. The zero-order chi connectivity index (χ0) is 18.4. The summed E-state index contributed by atoms with van der Waals surface area (Å²) in [6.45, 7) is 5.92. The molecular formula is C21H25N3O2. The van der Waals surface area contributed by atoms with Gasteiger partial charge in [0, 0.05) is 44.8 Å². The van der Waals surface area contributed by atoms with Crippen LogP contribution in [0.4, 0.5) is 0 Å². The van der Waals surface area contributed by atoms with E-state index in [1.807, 2.05) is 36.4 Å². The van der Waals surface area contributed by atoms with Gasteiger partial charge in [-0.3, -0.25) is 9.80 Å². The van der Waals surface area contributed by atoms with Gasteiger partial charge in [-0.25, -0.2) is 0 Å². The third kappa shape index (κ3) is 4.54. The molecule has 0 N–H and O–H groups in total. The average molecular weight is 351 g/mol. The topological polar surface area (TPSA) is 48.7 Å². The first-order chi connectivity index (χ1) is 12.7. The van der Waals surface area contributed by atoms with E-state index in [1.165, 1.54) is 5.56 Å². The van der Waals surface area contributed by atoms with Crippen molar-refractivity contribution in [1.29, 1.82) is 5.26 Å². The van der Waals surface area contributed by atoms with Gasteiger partial charge in [-0.15, -0.1) is 0 Å². The summed E-state index contributed by atoms with van der Waals surface area (Å²) >= 11 is 0. The minimum atomic E-state index is 0.714. The lowest BCUT2D eigenvalue weighted by Gasteiger charge is -2.35. The minimum absolute atomic E-state index is 0.714. The molecule has 26 heavy (non-hydrogen) atoms. The monoisotopic (exact) mass is 351 g/mol. The highest BCUT2D eigenvalue weighted by atomic mass is 16.5. The summed E-state index contributed by atoms with van der Waals surface area (Å²) in [5.41, 5.74) is 3.13. The summed E-state index contributed by atoms with van der Waals surface area (Å²) < 4.78 is 10.8. The molecule has 2 aromatic rings. The molecule has 2 aromatic carbocycles. The van der Waals surface area contributed by atoms with E-state index in [-0.39, 0.29) is 0 Å². The van der Waals surface area contributed by atoms with Crippen LogP contribution in [0.3, 0.4) is 0 Å². The molecule has 0 aliphatic carbocycles. The van der Waals surface area contributed by atoms with Crippen LogP contribution in [0, 0.1) is 11.3 Å². The van der Waals surface area contributed by atoms with Crippen molar-refractivity contribution >= 4 is 0 Å². The number of piperazine rings is 1. The molecule has 1 heterocycles. The van der Waals surface area contributed by atoms with E-state index < -0.39 is 0 Å². The van der Waals surface area contributed by atoms with E-state index in [1.54, 1.807) is 14.2 Å². The van der Waals surface area contributed by atoms with Crippen LogP contribution in [0.25, 0.3) is 0 Å². The molecule has 0 atom stereocenters. The summed E-state index contributed by atoms with van der Waals surface area (Å²) in [4.78, 5) is 4.91. The number of hydrogen-bond acceptors (Lipinski definition) is 5. The van der Waals surface area contributed by atoms with E-state index in [0.29, 0.717) is 5.56 Å². The van der Waals surface area contributed by atoms with Crippen molar-refractivity contribution in [2.45, 2.75) is 13.1 Å². The van der Waals surface area contributed by atoms with Gasteiger partial charge in [0.1, 0.15) is 11.5 Å². The molecular weight excluding hydrogens is 326 g/mol. The van der Waals surface area contributed by atoms with Crippen molar-refractivity contribution in [1.82, 2.24) is 9.80 Å². The second-order valence-electron chi connectivity index (χ2n) is 6.54. The number of ether oxygens (including phenoxy) is 2. The van der Waals surface area contributed by atoms with Crippen molar-refractivity contribution in [3.63, 3.8) is 0 Å². The average Bonchev–Trinajstić information content (AvgIpc) is 2.70. The van der Waals surface area contributed by atoms with Crippen LogP contribution in [-0.2, 0) is 13.1 Å². The Hall–Kier alpha value is -2.55. The minimum Gasteiger partial charge on any atom is -0.497 e. The molecule has 1 aliphatic heterocycles. The Morgan fingerprint density at radius 3 is 2.12 bits per heavy atom. The standard InChI is InChI=1S/C21H25N3O2/c1-25-20-7-8-21(26-2)19(13-20)16-24-11-9-23(10-12-24)15-18-5-3-17(14-22)4-6-18/h3-8,13H,9-12,15-16H2,1-2H3. The molecule has 1 fully saturated rings. The Balaban J connectivity index is 1.54. The molecule has 0 amide bonds. The molecule has 5 heteroatoms. The predicted molar refractivity (Wildman–Crippen MR) is 101 cm³/mol. The Bertz CT molecular complexity index is 760. The summed E-state index contributed by atoms with van der Waals surface area (Å²) in [6.07, 6.45) is 0. The van der Waals surface area contributed by atoms with E-state index in [2.05, 4.69) is 21.9 Å². The second kappa shape index (κ2) is 8.70. The number of hydrogen-bond donors (Lipinski definition) is 0. The number of methoxy groups -OCH3 is 2. The maximum Gasteiger partial charge on any atom is 0.123 e. The zero-order valence-corrected chi connectivity index (χ0v) is 15.4. The Morgan fingerprint density at radius 2 is 1.54 bits per heavy atom. The first-order valence-corrected chi connectivity index (χ1v) is 8.86. The van der Waals surface area contributed by atoms with Crippen molar-refractivity contribution < 1.29 is 9.47 Å². The van der Waals surface area contributed by atoms with Gasteiger partial charge in [0.05, 0.1) is 25.9 Å². The second-order valence-corrected chi connectivity index (χ2v) is 6.54. The molecule has 0 aromatic heterocycles. The van der Waals surface area contributed by atoms with Gasteiger partial charge in [-0.2, -0.15) is 5.26 Å². The van der Waals surface area contributed by atoms with Crippen molar-refractivity contribution in [2.75, 3.05) is 40.4 Å². The van der Waals surface area contributed by atoms with Crippen LogP contribution in [-0.4, -0.2) is 50.2 Å². The zero-order valence-electron chi connectivity index (χ0n) is 15.4. The molecule has 0 saturated carbocycles. The largest absolute Gasteiger partial charge is 0.497 e. The lowest BCUT2D eigenvalue weighted by atomic mass is 10.1. The third-order valence-corrected chi connectivity index (χ3v) is 4.84. The van der Waals surface area contributed by atoms with E-state index >= 15 is 0 Å². The number of benzene rings is 2. The van der Waals surface area contributed by atoms with Crippen LogP contribution >= 0.6 is 0 Å². The van der Waals surface area contributed by atoms with Gasteiger partial charge < -0.3 is 9.47 Å². The lowest BCUT2D eigenvalue weighted by Crippen LogP contribution is -2.45. The van der Waals surface area contributed by atoms with E-state index in [4.69, 9.17) is 14.7 Å². The summed E-state index contributed by atoms with van der Waals surface area (Å²) in [7, 11) is 3.40. The summed E-state index contributed by atoms with van der Waals surface area (Å²) in [6, 6.07) is 16.0. The summed E-state index contributed by atoms with van der Waals surface area (Å²) in [5.74, 6) is 1.77. The van der Waals surface area contributed by atoms with Crippen LogP contribution in [0.2, 0.25) is 0 Å². The molecule has 3 rings (SSSR count). The third-order valence-electron chi connectivity index (χ3n) is 4.84. The molecule has 5 nitrogen and oxygen atoms in total. The number of nitriles is 1. The van der Waals surface area contributed by atoms with E-state index in [9.17, 15) is 0 Å². The SMILES string of the molecule is COc1ccc(OC)c(CN2CCN(Cc3ccc(C#N)cc3)CC2)c1. The molecule has 1 aliphatic rings. The first-order valence-electron chi connectivity index (χ1n) is 8.86. The molecule has 136 valence electrons. The van der Waals surface area contributed by atoms with Gasteiger partial charge in [0.2, 0.25) is 0 Å². The maximum absolute atomic E-state index is 8.89. The molecule has 1 saturated heterocycles. The van der Waals surface area contributed by atoms with Crippen LogP contribution in [0.1, 0.15) is 16.7 Å². The Morgan fingerprint density at radius 1 is 0.885 bits per heavy atom. The number of nitrogens with zero attached hydrogens (tertiary/aromatic N) is 3. The number of rotatable bonds is 6. The smallest absolute Gasteiger partial charge is 0.123 e. The Labute approximate surface area is 155 Å². The highest BCUT2D eigenvalue weighted by molar-refractivity contribution is 5.40. The van der Waals surface area contributed by atoms with Gasteiger partial charge >= 0.3 is 0 Å². The normalized spacial score (nSPS) is 15.4.